The first-order chi connectivity index (χ1) is 6.88. The lowest BCUT2D eigenvalue weighted by Gasteiger charge is -2.13. The van der Waals surface area contributed by atoms with Gasteiger partial charge in [0.25, 0.3) is 0 Å². The summed E-state index contributed by atoms with van der Waals surface area (Å²) >= 11 is 0. The van der Waals surface area contributed by atoms with Crippen LogP contribution in [0.1, 0.15) is 44.6 Å². The average molecular weight is 194 g/mol. The van der Waals surface area contributed by atoms with Crippen LogP contribution in [0.4, 0.5) is 0 Å². The van der Waals surface area contributed by atoms with Gasteiger partial charge in [0.1, 0.15) is 0 Å². The first-order valence-electron chi connectivity index (χ1n) is 5.38. The third-order valence-electron chi connectivity index (χ3n) is 2.40. The lowest BCUT2D eigenvalue weighted by Crippen LogP contribution is -1.95. The van der Waals surface area contributed by atoms with E-state index in [0.717, 1.165) is 13.0 Å². The summed E-state index contributed by atoms with van der Waals surface area (Å²) in [7, 11) is 1.00. The van der Waals surface area contributed by atoms with Crippen LogP contribution in [-0.2, 0) is 0 Å². The van der Waals surface area contributed by atoms with E-state index in [0.29, 0.717) is 0 Å². The van der Waals surface area contributed by atoms with Gasteiger partial charge in [-0.2, -0.15) is 0 Å². The van der Waals surface area contributed by atoms with Crippen LogP contribution < -0.4 is 0 Å². The quantitative estimate of drug-likeness (QED) is 0.776. The van der Waals surface area contributed by atoms with Crippen molar-refractivity contribution in [2.24, 2.45) is 0 Å². The molecular formula is C13H22O. The number of hydrogen-bond acceptors (Lipinski definition) is 1. The Morgan fingerprint density at radius 3 is 2.07 bits per heavy atom. The Morgan fingerprint density at radius 2 is 1.64 bits per heavy atom. The van der Waals surface area contributed by atoms with E-state index in [4.69, 9.17) is 5.11 Å². The Labute approximate surface area is 87.8 Å². The van der Waals surface area contributed by atoms with Gasteiger partial charge in [-0.15, -0.1) is 0 Å². The monoisotopic (exact) mass is 194 g/mol. The van der Waals surface area contributed by atoms with E-state index in [-0.39, 0.29) is 0 Å². The molecule has 1 aromatic carbocycles. The second-order valence-electron chi connectivity index (χ2n) is 3.30. The summed E-state index contributed by atoms with van der Waals surface area (Å²) in [6.07, 6.45) is 3.87. The normalized spacial score (nSPS) is 11.4. The molecule has 0 saturated heterocycles. The molecule has 0 saturated carbocycles. The van der Waals surface area contributed by atoms with Crippen molar-refractivity contribution in [2.45, 2.75) is 39.0 Å². The number of aliphatic hydroxyl groups is 1. The molecular weight excluding hydrogens is 172 g/mol. The summed E-state index contributed by atoms with van der Waals surface area (Å²) in [6, 6.07) is 10.8. The minimum Gasteiger partial charge on any atom is -0.400 e. The molecule has 1 rings (SSSR count). The summed E-state index contributed by atoms with van der Waals surface area (Å²) < 4.78 is 0. The van der Waals surface area contributed by atoms with Gasteiger partial charge in [0.15, 0.2) is 0 Å². The molecule has 14 heavy (non-hydrogen) atoms. The van der Waals surface area contributed by atoms with E-state index in [1.165, 1.54) is 24.8 Å². The lowest BCUT2D eigenvalue weighted by atomic mass is 9.92. The van der Waals surface area contributed by atoms with Crippen molar-refractivity contribution in [1.29, 1.82) is 0 Å². The summed E-state index contributed by atoms with van der Waals surface area (Å²) in [6.45, 7) is 4.53. The second-order valence-corrected chi connectivity index (χ2v) is 3.30. The van der Waals surface area contributed by atoms with Gasteiger partial charge in [-0.3, -0.25) is 0 Å². The molecule has 0 radical (unpaired) electrons. The molecule has 0 aromatic heterocycles. The molecule has 0 bridgehead atoms. The van der Waals surface area contributed by atoms with Crippen LogP contribution in [0.3, 0.4) is 0 Å². The maximum absolute atomic E-state index is 7.00. The van der Waals surface area contributed by atoms with Crippen LogP contribution in [0, 0.1) is 0 Å². The zero-order chi connectivity index (χ0) is 10.8. The van der Waals surface area contributed by atoms with E-state index in [1.807, 2.05) is 0 Å². The summed E-state index contributed by atoms with van der Waals surface area (Å²) in [4.78, 5) is 0. The predicted molar refractivity (Wildman–Crippen MR) is 62.5 cm³/mol. The van der Waals surface area contributed by atoms with Gasteiger partial charge in [0, 0.05) is 7.11 Å². The maximum atomic E-state index is 7.00. The SMILES string of the molecule is CCCC(CC)c1ccccc1.CO. The first kappa shape index (κ1) is 13.2. The molecule has 0 amide bonds. The van der Waals surface area contributed by atoms with Crippen molar-refractivity contribution in [3.8, 4) is 0 Å². The Hall–Kier alpha value is -0.820. The van der Waals surface area contributed by atoms with Gasteiger partial charge in [-0.25, -0.2) is 0 Å². The van der Waals surface area contributed by atoms with Crippen LogP contribution in [0.5, 0.6) is 0 Å². The van der Waals surface area contributed by atoms with Crippen molar-refractivity contribution in [3.05, 3.63) is 35.9 Å². The van der Waals surface area contributed by atoms with Gasteiger partial charge in [0.05, 0.1) is 0 Å². The van der Waals surface area contributed by atoms with Gasteiger partial charge < -0.3 is 5.11 Å². The topological polar surface area (TPSA) is 20.2 Å². The molecule has 0 heterocycles. The molecule has 0 spiro atoms. The van der Waals surface area contributed by atoms with Gasteiger partial charge >= 0.3 is 0 Å². The zero-order valence-electron chi connectivity index (χ0n) is 9.53. The fraction of sp³-hybridized carbons (Fsp3) is 0.538. The molecule has 0 aliphatic rings. The maximum Gasteiger partial charge on any atom is 0.0319 e. The molecule has 1 atom stereocenters. The van der Waals surface area contributed by atoms with E-state index >= 15 is 0 Å². The van der Waals surface area contributed by atoms with Crippen molar-refractivity contribution >= 4 is 0 Å². The number of aliphatic hydroxyl groups excluding tert-OH is 1. The molecule has 1 unspecified atom stereocenters. The molecule has 1 aromatic rings. The molecule has 80 valence electrons. The smallest absolute Gasteiger partial charge is 0.0319 e. The van der Waals surface area contributed by atoms with Crippen LogP contribution in [-0.4, -0.2) is 12.2 Å². The fourth-order valence-corrected chi connectivity index (χ4v) is 1.68. The van der Waals surface area contributed by atoms with E-state index in [9.17, 15) is 0 Å². The molecule has 1 heteroatoms. The highest BCUT2D eigenvalue weighted by molar-refractivity contribution is 5.19. The van der Waals surface area contributed by atoms with Crippen LogP contribution in [0.2, 0.25) is 0 Å². The minimum atomic E-state index is 0.774. The molecule has 0 aliphatic carbocycles. The van der Waals surface area contributed by atoms with E-state index in [2.05, 4.69) is 44.2 Å². The van der Waals surface area contributed by atoms with Gasteiger partial charge in [-0.05, 0) is 24.3 Å². The summed E-state index contributed by atoms with van der Waals surface area (Å²) in [5, 5.41) is 7.00. The molecule has 1 nitrogen and oxygen atoms in total. The lowest BCUT2D eigenvalue weighted by molar-refractivity contribution is 0.399. The number of hydrogen-bond donors (Lipinski definition) is 1. The molecule has 0 fully saturated rings. The Bertz CT molecular complexity index is 206. The zero-order valence-corrected chi connectivity index (χ0v) is 9.53. The average Bonchev–Trinajstić information content (AvgIpc) is 2.30. The standard InChI is InChI=1S/C12H18.CH4O/c1-3-8-11(4-2)12-9-6-5-7-10-12;1-2/h5-7,9-11H,3-4,8H2,1-2H3;2H,1H3. The fourth-order valence-electron chi connectivity index (χ4n) is 1.68. The van der Waals surface area contributed by atoms with Crippen molar-refractivity contribution in [2.75, 3.05) is 7.11 Å². The Kier molecular flexibility index (Phi) is 8.25. The minimum absolute atomic E-state index is 0.774. The second kappa shape index (κ2) is 8.76. The van der Waals surface area contributed by atoms with Crippen LogP contribution in [0.25, 0.3) is 0 Å². The predicted octanol–water partition coefficient (Wildman–Crippen LogP) is 3.59. The first-order valence-corrected chi connectivity index (χ1v) is 5.38. The summed E-state index contributed by atoms with van der Waals surface area (Å²) in [5.74, 6) is 0.774. The van der Waals surface area contributed by atoms with E-state index < -0.39 is 0 Å². The summed E-state index contributed by atoms with van der Waals surface area (Å²) in [5.41, 5.74) is 1.50. The Morgan fingerprint density at radius 1 is 1.07 bits per heavy atom. The van der Waals surface area contributed by atoms with Crippen LogP contribution in [0.15, 0.2) is 30.3 Å². The highest BCUT2D eigenvalue weighted by Gasteiger charge is 2.05. The van der Waals surface area contributed by atoms with Crippen LogP contribution >= 0.6 is 0 Å². The van der Waals surface area contributed by atoms with Gasteiger partial charge in [-0.1, -0.05) is 50.6 Å². The van der Waals surface area contributed by atoms with Gasteiger partial charge in [0.2, 0.25) is 0 Å². The Balaban J connectivity index is 0.000000791. The van der Waals surface area contributed by atoms with E-state index in [1.54, 1.807) is 0 Å². The van der Waals surface area contributed by atoms with Crippen molar-refractivity contribution < 1.29 is 5.11 Å². The highest BCUT2D eigenvalue weighted by atomic mass is 16.2. The van der Waals surface area contributed by atoms with Crippen molar-refractivity contribution in [3.63, 3.8) is 0 Å². The largest absolute Gasteiger partial charge is 0.400 e. The molecule has 0 aliphatic heterocycles. The number of benzene rings is 1. The third kappa shape index (κ3) is 4.43. The highest BCUT2D eigenvalue weighted by Crippen LogP contribution is 2.23. The van der Waals surface area contributed by atoms with Crippen molar-refractivity contribution in [1.82, 2.24) is 0 Å². The third-order valence-corrected chi connectivity index (χ3v) is 2.40. The molecule has 1 N–H and O–H groups in total. The number of rotatable bonds is 4.